The summed E-state index contributed by atoms with van der Waals surface area (Å²) in [5.41, 5.74) is 4.92. The number of hydrogen-bond donors (Lipinski definition) is 1. The van der Waals surface area contributed by atoms with Gasteiger partial charge in [0.1, 0.15) is 5.60 Å². The predicted octanol–water partition coefficient (Wildman–Crippen LogP) is 1.47. The van der Waals surface area contributed by atoms with Crippen LogP contribution in [0.1, 0.15) is 40.0 Å². The molecule has 90 valence electrons. The standard InChI is InChI=1S/C11H23NO3/c1-11(2,3)15-10(13)6-4-8-14-9-5-7-12/h4-9,12H2,1-3H3. The minimum atomic E-state index is -0.391. The molecule has 0 rings (SSSR count). The molecule has 0 spiro atoms. The van der Waals surface area contributed by atoms with Gasteiger partial charge in [-0.2, -0.15) is 0 Å². The molecule has 0 aliphatic carbocycles. The van der Waals surface area contributed by atoms with E-state index in [1.165, 1.54) is 0 Å². The summed E-state index contributed by atoms with van der Waals surface area (Å²) in [6.07, 6.45) is 1.99. The van der Waals surface area contributed by atoms with E-state index in [-0.39, 0.29) is 5.97 Å². The molecule has 0 amide bonds. The van der Waals surface area contributed by atoms with E-state index < -0.39 is 5.60 Å². The van der Waals surface area contributed by atoms with Crippen molar-refractivity contribution in [2.45, 2.75) is 45.6 Å². The highest BCUT2D eigenvalue weighted by molar-refractivity contribution is 5.69. The van der Waals surface area contributed by atoms with Gasteiger partial charge >= 0.3 is 5.97 Å². The molecular formula is C11H23NO3. The number of nitrogens with two attached hydrogens (primary N) is 1. The van der Waals surface area contributed by atoms with Crippen LogP contribution in [0, 0.1) is 0 Å². The van der Waals surface area contributed by atoms with Gasteiger partial charge in [-0.3, -0.25) is 4.79 Å². The first kappa shape index (κ1) is 14.4. The zero-order valence-corrected chi connectivity index (χ0v) is 10.0. The van der Waals surface area contributed by atoms with Crippen LogP contribution in [0.25, 0.3) is 0 Å². The lowest BCUT2D eigenvalue weighted by Crippen LogP contribution is -2.23. The fourth-order valence-corrected chi connectivity index (χ4v) is 0.999. The summed E-state index contributed by atoms with van der Waals surface area (Å²) < 4.78 is 10.4. The molecule has 15 heavy (non-hydrogen) atoms. The third kappa shape index (κ3) is 11.3. The SMILES string of the molecule is CC(C)(C)OC(=O)CCCOCCCN. The Morgan fingerprint density at radius 3 is 2.33 bits per heavy atom. The van der Waals surface area contributed by atoms with Crippen molar-refractivity contribution in [1.29, 1.82) is 0 Å². The van der Waals surface area contributed by atoms with E-state index in [0.717, 1.165) is 6.42 Å². The van der Waals surface area contributed by atoms with Crippen LogP contribution in [0.4, 0.5) is 0 Å². The van der Waals surface area contributed by atoms with Gasteiger partial charge in [-0.15, -0.1) is 0 Å². The van der Waals surface area contributed by atoms with Crippen molar-refractivity contribution in [1.82, 2.24) is 0 Å². The molecule has 2 N–H and O–H groups in total. The van der Waals surface area contributed by atoms with Crippen molar-refractivity contribution in [3.63, 3.8) is 0 Å². The monoisotopic (exact) mass is 217 g/mol. The first-order valence-corrected chi connectivity index (χ1v) is 5.45. The Morgan fingerprint density at radius 1 is 1.20 bits per heavy atom. The van der Waals surface area contributed by atoms with Gasteiger partial charge in [-0.25, -0.2) is 0 Å². The maximum absolute atomic E-state index is 11.2. The van der Waals surface area contributed by atoms with E-state index in [2.05, 4.69) is 0 Å². The molecule has 4 heteroatoms. The van der Waals surface area contributed by atoms with Crippen LogP contribution in [0.15, 0.2) is 0 Å². The van der Waals surface area contributed by atoms with Gasteiger partial charge in [-0.1, -0.05) is 0 Å². The first-order valence-electron chi connectivity index (χ1n) is 5.45. The number of hydrogen-bond acceptors (Lipinski definition) is 4. The van der Waals surface area contributed by atoms with Crippen LogP contribution in [0.2, 0.25) is 0 Å². The van der Waals surface area contributed by atoms with Crippen molar-refractivity contribution < 1.29 is 14.3 Å². The minimum Gasteiger partial charge on any atom is -0.460 e. The molecule has 4 nitrogen and oxygen atoms in total. The number of carbonyl (C=O) groups is 1. The Hall–Kier alpha value is -0.610. The van der Waals surface area contributed by atoms with Crippen LogP contribution in [-0.4, -0.2) is 31.3 Å². The highest BCUT2D eigenvalue weighted by atomic mass is 16.6. The van der Waals surface area contributed by atoms with E-state index in [4.69, 9.17) is 15.2 Å². The molecular weight excluding hydrogens is 194 g/mol. The molecule has 0 aromatic rings. The molecule has 0 aliphatic rings. The van der Waals surface area contributed by atoms with E-state index in [9.17, 15) is 4.79 Å². The first-order chi connectivity index (χ1) is 6.95. The van der Waals surface area contributed by atoms with Crippen LogP contribution in [0.3, 0.4) is 0 Å². The van der Waals surface area contributed by atoms with E-state index in [1.54, 1.807) is 0 Å². The lowest BCUT2D eigenvalue weighted by atomic mass is 10.2. The average molecular weight is 217 g/mol. The molecule has 0 aromatic heterocycles. The van der Waals surface area contributed by atoms with Gasteiger partial charge in [-0.05, 0) is 40.2 Å². The number of rotatable bonds is 7. The van der Waals surface area contributed by atoms with Crippen molar-refractivity contribution >= 4 is 5.97 Å². The van der Waals surface area contributed by atoms with E-state index in [1.807, 2.05) is 20.8 Å². The Kier molecular flexibility index (Phi) is 7.34. The molecule has 0 unspecified atom stereocenters. The molecule has 0 radical (unpaired) electrons. The number of ether oxygens (including phenoxy) is 2. The molecule has 0 aliphatic heterocycles. The Morgan fingerprint density at radius 2 is 1.80 bits per heavy atom. The second-order valence-electron chi connectivity index (χ2n) is 4.44. The normalized spacial score (nSPS) is 11.5. The fraction of sp³-hybridized carbons (Fsp3) is 0.909. The summed E-state index contributed by atoms with van der Waals surface area (Å²) in [5.74, 6) is -0.162. The Labute approximate surface area is 92.1 Å². The summed E-state index contributed by atoms with van der Waals surface area (Å²) in [5, 5.41) is 0. The maximum Gasteiger partial charge on any atom is 0.306 e. The molecule has 0 saturated carbocycles. The highest BCUT2D eigenvalue weighted by Crippen LogP contribution is 2.08. The molecule has 0 aromatic carbocycles. The molecule has 0 fully saturated rings. The van der Waals surface area contributed by atoms with Crippen molar-refractivity contribution in [2.75, 3.05) is 19.8 Å². The number of esters is 1. The molecule has 0 bridgehead atoms. The van der Waals surface area contributed by atoms with Crippen LogP contribution in [0.5, 0.6) is 0 Å². The zero-order valence-electron chi connectivity index (χ0n) is 10.0. The number of carbonyl (C=O) groups excluding carboxylic acids is 1. The Balaban J connectivity index is 3.32. The zero-order chi connectivity index (χ0) is 11.7. The Bertz CT molecular complexity index is 175. The third-order valence-corrected chi connectivity index (χ3v) is 1.58. The van der Waals surface area contributed by atoms with Crippen LogP contribution < -0.4 is 5.73 Å². The highest BCUT2D eigenvalue weighted by Gasteiger charge is 2.15. The quantitative estimate of drug-likeness (QED) is 0.518. The largest absolute Gasteiger partial charge is 0.460 e. The maximum atomic E-state index is 11.2. The second-order valence-corrected chi connectivity index (χ2v) is 4.44. The molecule has 0 atom stereocenters. The summed E-state index contributed by atoms with van der Waals surface area (Å²) in [7, 11) is 0. The van der Waals surface area contributed by atoms with Gasteiger partial charge in [0.25, 0.3) is 0 Å². The lowest BCUT2D eigenvalue weighted by Gasteiger charge is -2.19. The lowest BCUT2D eigenvalue weighted by molar-refractivity contribution is -0.155. The summed E-state index contributed by atoms with van der Waals surface area (Å²) >= 11 is 0. The van der Waals surface area contributed by atoms with Crippen molar-refractivity contribution in [2.24, 2.45) is 5.73 Å². The summed E-state index contributed by atoms with van der Waals surface area (Å²) in [6.45, 7) is 7.50. The molecule has 0 heterocycles. The van der Waals surface area contributed by atoms with Crippen molar-refractivity contribution in [3.05, 3.63) is 0 Å². The van der Waals surface area contributed by atoms with Crippen molar-refractivity contribution in [3.8, 4) is 0 Å². The average Bonchev–Trinajstić information content (AvgIpc) is 2.08. The fourth-order valence-electron chi connectivity index (χ4n) is 0.999. The minimum absolute atomic E-state index is 0.162. The van der Waals surface area contributed by atoms with E-state index in [0.29, 0.717) is 32.6 Å². The summed E-state index contributed by atoms with van der Waals surface area (Å²) in [6, 6.07) is 0. The van der Waals surface area contributed by atoms with E-state index >= 15 is 0 Å². The van der Waals surface area contributed by atoms with Gasteiger partial charge in [0.2, 0.25) is 0 Å². The second kappa shape index (κ2) is 7.65. The van der Waals surface area contributed by atoms with Crippen LogP contribution >= 0.6 is 0 Å². The predicted molar refractivity (Wildman–Crippen MR) is 59.6 cm³/mol. The van der Waals surface area contributed by atoms with Crippen LogP contribution in [-0.2, 0) is 14.3 Å². The topological polar surface area (TPSA) is 61.5 Å². The van der Waals surface area contributed by atoms with Gasteiger partial charge in [0.05, 0.1) is 0 Å². The van der Waals surface area contributed by atoms with Gasteiger partial charge in [0.15, 0.2) is 0 Å². The molecule has 0 saturated heterocycles. The smallest absolute Gasteiger partial charge is 0.306 e. The van der Waals surface area contributed by atoms with Gasteiger partial charge in [0, 0.05) is 19.6 Å². The summed E-state index contributed by atoms with van der Waals surface area (Å²) in [4.78, 5) is 11.2. The van der Waals surface area contributed by atoms with Gasteiger partial charge < -0.3 is 15.2 Å². The third-order valence-electron chi connectivity index (χ3n) is 1.58.